The van der Waals surface area contributed by atoms with Crippen LogP contribution in [0.1, 0.15) is 0 Å². The largest absolute Gasteiger partial charge is 0.485 e. The molecule has 9 nitrogen and oxygen atoms in total. The Labute approximate surface area is 211 Å². The van der Waals surface area contributed by atoms with Crippen LogP contribution in [0.15, 0.2) is 59.7 Å². The van der Waals surface area contributed by atoms with E-state index in [4.69, 9.17) is 31.2 Å². The first-order valence-corrected chi connectivity index (χ1v) is 12.2. The molecule has 0 radical (unpaired) electrons. The molecule has 2 atom stereocenters. The van der Waals surface area contributed by atoms with Crippen LogP contribution < -0.4 is 15.4 Å². The summed E-state index contributed by atoms with van der Waals surface area (Å²) in [5, 5.41) is 17.5. The van der Waals surface area contributed by atoms with Gasteiger partial charge in [0.1, 0.15) is 35.6 Å². The van der Waals surface area contributed by atoms with Gasteiger partial charge in [-0.2, -0.15) is 0 Å². The van der Waals surface area contributed by atoms with Crippen LogP contribution in [-0.2, 0) is 9.47 Å². The number of halogens is 1. The van der Waals surface area contributed by atoms with E-state index >= 15 is 0 Å². The molecule has 0 spiro atoms. The highest BCUT2D eigenvalue weighted by Gasteiger charge is 2.33. The van der Waals surface area contributed by atoms with Crippen LogP contribution in [0.4, 0.5) is 17.2 Å². The number of anilines is 3. The van der Waals surface area contributed by atoms with Crippen molar-refractivity contribution in [2.75, 3.05) is 37.0 Å². The molecule has 0 aliphatic carbocycles. The molecule has 0 saturated carbocycles. The highest BCUT2D eigenvalue weighted by atomic mass is 35.5. The normalized spacial score (nSPS) is 18.8. The van der Waals surface area contributed by atoms with E-state index in [1.54, 1.807) is 17.5 Å². The minimum atomic E-state index is 0.0408. The van der Waals surface area contributed by atoms with E-state index in [1.807, 2.05) is 24.3 Å². The number of benzene rings is 2. The van der Waals surface area contributed by atoms with Crippen molar-refractivity contribution in [3.8, 4) is 5.75 Å². The second kappa shape index (κ2) is 10.5. The van der Waals surface area contributed by atoms with Gasteiger partial charge in [-0.05, 0) is 41.8 Å². The first kappa shape index (κ1) is 23.4. The lowest BCUT2D eigenvalue weighted by atomic mass is 10.1. The average Bonchev–Trinajstić information content (AvgIpc) is 3.32. The fourth-order valence-corrected chi connectivity index (χ4v) is 4.36. The van der Waals surface area contributed by atoms with E-state index in [9.17, 15) is 0 Å². The molecule has 35 heavy (non-hydrogen) atoms. The monoisotopic (exact) mass is 510 g/mol. The van der Waals surface area contributed by atoms with Crippen molar-refractivity contribution in [2.24, 2.45) is 10.9 Å². The van der Waals surface area contributed by atoms with Gasteiger partial charge in [0.05, 0.1) is 30.3 Å². The Morgan fingerprint density at radius 2 is 2.06 bits per heavy atom. The Bertz CT molecular complexity index is 1300. The van der Waals surface area contributed by atoms with Gasteiger partial charge in [0.2, 0.25) is 0 Å². The molecular formula is C24H23ClN6O3S. The third kappa shape index (κ3) is 5.50. The number of hydrogen-bond acceptors (Lipinski definition) is 10. The lowest BCUT2D eigenvalue weighted by Gasteiger charge is -2.24. The summed E-state index contributed by atoms with van der Waals surface area (Å²) in [6, 6.07) is 11.6. The van der Waals surface area contributed by atoms with E-state index in [0.29, 0.717) is 53.3 Å². The number of hydrogen-bond donors (Lipinski definition) is 3. The minimum absolute atomic E-state index is 0.0408. The number of amidine groups is 1. The van der Waals surface area contributed by atoms with Gasteiger partial charge in [0.15, 0.2) is 0 Å². The van der Waals surface area contributed by atoms with E-state index in [1.165, 1.54) is 18.1 Å². The summed E-state index contributed by atoms with van der Waals surface area (Å²) in [5.41, 5.74) is 2.34. The maximum Gasteiger partial charge on any atom is 0.289 e. The molecule has 3 N–H and O–H groups in total. The molecule has 2 aliphatic heterocycles. The van der Waals surface area contributed by atoms with Crippen molar-refractivity contribution >= 4 is 62.5 Å². The molecule has 2 aliphatic rings. The Morgan fingerprint density at radius 1 is 1.20 bits per heavy atom. The highest BCUT2D eigenvalue weighted by molar-refractivity contribution is 8.16. The number of nitrogens with zero attached hydrogens (tertiary/aromatic N) is 3. The zero-order valence-corrected chi connectivity index (χ0v) is 20.2. The second-order valence-electron chi connectivity index (χ2n) is 7.95. The average molecular weight is 511 g/mol. The number of rotatable bonds is 7. The minimum Gasteiger partial charge on any atom is -0.485 e. The third-order valence-electron chi connectivity index (χ3n) is 5.54. The van der Waals surface area contributed by atoms with Crippen LogP contribution in [0.25, 0.3) is 10.9 Å². The zero-order valence-electron chi connectivity index (χ0n) is 18.7. The van der Waals surface area contributed by atoms with Crippen LogP contribution >= 0.6 is 23.4 Å². The number of thioether (sulfide) groups is 1. The Balaban J connectivity index is 1.31. The lowest BCUT2D eigenvalue weighted by molar-refractivity contribution is 0.122. The summed E-state index contributed by atoms with van der Waals surface area (Å²) in [6.45, 7) is 5.69. The number of fused-ring (bicyclic) bond motifs is 2. The number of nitrogens with one attached hydrogen (secondary N) is 3. The molecule has 1 aromatic heterocycles. The molecule has 0 bridgehead atoms. The maximum atomic E-state index is 7.78. The smallest absolute Gasteiger partial charge is 0.289 e. The van der Waals surface area contributed by atoms with E-state index in [2.05, 4.69) is 32.2 Å². The van der Waals surface area contributed by atoms with Gasteiger partial charge >= 0.3 is 0 Å². The Morgan fingerprint density at radius 3 is 2.91 bits per heavy atom. The van der Waals surface area contributed by atoms with Crippen molar-refractivity contribution in [2.45, 2.75) is 6.10 Å². The van der Waals surface area contributed by atoms with Crippen molar-refractivity contribution in [1.29, 1.82) is 5.41 Å². The molecule has 3 aromatic rings. The molecule has 5 rings (SSSR count). The van der Waals surface area contributed by atoms with E-state index < -0.39 is 0 Å². The summed E-state index contributed by atoms with van der Waals surface area (Å²) in [6.07, 6.45) is 1.55. The highest BCUT2D eigenvalue weighted by Crippen LogP contribution is 2.31. The van der Waals surface area contributed by atoms with Crippen LogP contribution in [0, 0.1) is 11.3 Å². The Kier molecular flexibility index (Phi) is 7.03. The topological polar surface area (TPSA) is 114 Å². The Hall–Kier alpha value is -3.34. The summed E-state index contributed by atoms with van der Waals surface area (Å²) in [7, 11) is 0. The summed E-state index contributed by atoms with van der Waals surface area (Å²) in [5.74, 6) is 1.44. The van der Waals surface area contributed by atoms with Gasteiger partial charge in [-0.3, -0.25) is 5.41 Å². The van der Waals surface area contributed by atoms with Gasteiger partial charge in [-0.25, -0.2) is 15.0 Å². The fraction of sp³-hybridized carbons (Fsp3) is 0.250. The van der Waals surface area contributed by atoms with E-state index in [0.717, 1.165) is 22.3 Å². The van der Waals surface area contributed by atoms with Gasteiger partial charge in [-0.1, -0.05) is 29.9 Å². The SMILES string of the molecule is C=CSC(=N)COc1ccc(Nc2ncnc3ccc(NC4=NCC5COCC5O4)cc23)cc1Cl. The maximum absolute atomic E-state index is 7.78. The first-order valence-electron chi connectivity index (χ1n) is 10.9. The molecule has 2 unspecified atom stereocenters. The molecule has 3 heterocycles. The molecular weight excluding hydrogens is 488 g/mol. The molecule has 11 heteroatoms. The fourth-order valence-electron chi connectivity index (χ4n) is 3.80. The molecule has 1 fully saturated rings. The first-order chi connectivity index (χ1) is 17.1. The summed E-state index contributed by atoms with van der Waals surface area (Å²) in [4.78, 5) is 13.3. The number of ether oxygens (including phenoxy) is 3. The van der Waals surface area contributed by atoms with Crippen molar-refractivity contribution in [1.82, 2.24) is 9.97 Å². The van der Waals surface area contributed by atoms with Crippen LogP contribution in [0.2, 0.25) is 5.02 Å². The quantitative estimate of drug-likeness (QED) is 0.298. The predicted molar refractivity (Wildman–Crippen MR) is 140 cm³/mol. The second-order valence-corrected chi connectivity index (χ2v) is 9.41. The number of aromatic nitrogens is 2. The van der Waals surface area contributed by atoms with Crippen LogP contribution in [-0.4, -0.2) is 53.5 Å². The van der Waals surface area contributed by atoms with Gasteiger partial charge in [0.25, 0.3) is 6.02 Å². The summed E-state index contributed by atoms with van der Waals surface area (Å²) >= 11 is 7.61. The third-order valence-corrected chi connectivity index (χ3v) is 6.40. The van der Waals surface area contributed by atoms with E-state index in [-0.39, 0.29) is 12.7 Å². The molecule has 2 aromatic carbocycles. The molecule has 0 amide bonds. The summed E-state index contributed by atoms with van der Waals surface area (Å²) < 4.78 is 17.1. The number of aliphatic imine (C=N–C) groups is 1. The van der Waals surface area contributed by atoms with Crippen molar-refractivity contribution in [3.63, 3.8) is 0 Å². The lowest BCUT2D eigenvalue weighted by Crippen LogP contribution is -2.35. The van der Waals surface area contributed by atoms with Gasteiger partial charge in [0, 0.05) is 22.7 Å². The van der Waals surface area contributed by atoms with Crippen LogP contribution in [0.5, 0.6) is 5.75 Å². The van der Waals surface area contributed by atoms with Gasteiger partial charge in [-0.15, -0.1) is 0 Å². The van der Waals surface area contributed by atoms with Crippen LogP contribution in [0.3, 0.4) is 0 Å². The van der Waals surface area contributed by atoms with Gasteiger partial charge < -0.3 is 24.8 Å². The standard InChI is InChI=1S/C24H23ClN6O3S/c1-2-35-22(26)12-33-20-6-4-16(8-18(20)25)30-23-17-7-15(3-5-19(17)28-13-29-23)31-24-27-9-14-10-32-11-21(14)34-24/h2-8,13-14,21,26H,1,9-12H2,(H,27,31)(H,28,29,30). The molecule has 1 saturated heterocycles. The zero-order chi connectivity index (χ0) is 24.2. The van der Waals surface area contributed by atoms with Crippen molar-refractivity contribution in [3.05, 3.63) is 59.7 Å². The van der Waals surface area contributed by atoms with Crippen molar-refractivity contribution < 1.29 is 14.2 Å². The predicted octanol–water partition coefficient (Wildman–Crippen LogP) is 5.07. The molecule has 180 valence electrons.